The van der Waals surface area contributed by atoms with Crippen molar-refractivity contribution in [1.29, 1.82) is 0 Å². The molecule has 0 radical (unpaired) electrons. The molecule has 36 heavy (non-hydrogen) atoms. The van der Waals surface area contributed by atoms with Crippen molar-refractivity contribution < 1.29 is 29.0 Å². The maximum Gasteiger partial charge on any atom is 0.335 e. The molecule has 4 rings (SSSR count). The molecule has 1 heterocycles. The minimum atomic E-state index is -0.871. The fourth-order valence-electron chi connectivity index (χ4n) is 3.57. The summed E-state index contributed by atoms with van der Waals surface area (Å²) >= 11 is 3.51. The van der Waals surface area contributed by atoms with Crippen LogP contribution >= 0.6 is 15.9 Å². The standard InChI is InChI=1S/C27H23BrN2O6/c1-3-35-23-14-18(13-22(28)24(23)36-15-17-6-4-16(2)5-7-17)12-21-25(32)29-27(34)30(26(21)33)19-8-10-20(31)11-9-19/h4-14,31H,3,15H2,1-2H3,(H,29,32,34)/b21-12+. The number of hydrogen-bond acceptors (Lipinski definition) is 6. The van der Waals surface area contributed by atoms with Crippen molar-refractivity contribution in [2.45, 2.75) is 20.5 Å². The quantitative estimate of drug-likeness (QED) is 0.313. The van der Waals surface area contributed by atoms with Crippen molar-refractivity contribution in [3.8, 4) is 17.2 Å². The molecule has 0 atom stereocenters. The molecule has 3 aromatic rings. The van der Waals surface area contributed by atoms with Gasteiger partial charge < -0.3 is 14.6 Å². The van der Waals surface area contributed by atoms with Crippen molar-refractivity contribution in [1.82, 2.24) is 5.32 Å². The fraction of sp³-hybridized carbons (Fsp3) is 0.148. The Bertz CT molecular complexity index is 1350. The number of nitrogens with one attached hydrogen (secondary N) is 1. The lowest BCUT2D eigenvalue weighted by atomic mass is 10.1. The van der Waals surface area contributed by atoms with Gasteiger partial charge in [-0.05, 0) is 83.4 Å². The maximum atomic E-state index is 13.1. The van der Waals surface area contributed by atoms with Gasteiger partial charge in [0.25, 0.3) is 11.8 Å². The number of barbiturate groups is 1. The highest BCUT2D eigenvalue weighted by Gasteiger charge is 2.36. The van der Waals surface area contributed by atoms with Crippen LogP contribution in [0.2, 0.25) is 0 Å². The maximum absolute atomic E-state index is 13.1. The van der Waals surface area contributed by atoms with Crippen LogP contribution in [0.15, 0.2) is 70.7 Å². The van der Waals surface area contributed by atoms with Crippen LogP contribution in [0.25, 0.3) is 6.08 Å². The average molecular weight is 551 g/mol. The molecule has 9 heteroatoms. The van der Waals surface area contributed by atoms with E-state index in [2.05, 4.69) is 21.2 Å². The van der Waals surface area contributed by atoms with Gasteiger partial charge in [0.1, 0.15) is 17.9 Å². The molecule has 1 aliphatic rings. The number of phenols is 1. The van der Waals surface area contributed by atoms with Gasteiger partial charge in [-0.25, -0.2) is 9.69 Å². The summed E-state index contributed by atoms with van der Waals surface area (Å²) in [6.07, 6.45) is 1.38. The molecule has 2 N–H and O–H groups in total. The molecule has 4 amide bonds. The van der Waals surface area contributed by atoms with Crippen LogP contribution in [0.1, 0.15) is 23.6 Å². The van der Waals surface area contributed by atoms with Gasteiger partial charge in [-0.1, -0.05) is 29.8 Å². The SMILES string of the molecule is CCOc1cc(/C=C2\C(=O)NC(=O)N(c3ccc(O)cc3)C2=O)cc(Br)c1OCc1ccc(C)cc1. The Kier molecular flexibility index (Phi) is 7.40. The lowest BCUT2D eigenvalue weighted by Gasteiger charge is -2.26. The van der Waals surface area contributed by atoms with E-state index in [0.717, 1.165) is 16.0 Å². The first-order valence-corrected chi connectivity index (χ1v) is 11.9. The van der Waals surface area contributed by atoms with Crippen LogP contribution in [-0.2, 0) is 16.2 Å². The van der Waals surface area contributed by atoms with E-state index in [1.54, 1.807) is 12.1 Å². The molecule has 1 fully saturated rings. The second-order valence-corrected chi connectivity index (χ2v) is 8.87. The third kappa shape index (κ3) is 5.41. The second kappa shape index (κ2) is 10.7. The van der Waals surface area contributed by atoms with Gasteiger partial charge in [-0.2, -0.15) is 0 Å². The minimum absolute atomic E-state index is 0.0200. The largest absolute Gasteiger partial charge is 0.508 e. The van der Waals surface area contributed by atoms with Crippen molar-refractivity contribution in [3.05, 3.63) is 87.4 Å². The Morgan fingerprint density at radius 1 is 1.00 bits per heavy atom. The zero-order valence-corrected chi connectivity index (χ0v) is 21.2. The predicted octanol–water partition coefficient (Wildman–Crippen LogP) is 5.11. The summed E-state index contributed by atoms with van der Waals surface area (Å²) in [6.45, 7) is 4.54. The molecule has 0 spiro atoms. The molecule has 1 saturated heterocycles. The first kappa shape index (κ1) is 25.0. The van der Waals surface area contributed by atoms with Gasteiger partial charge in [0, 0.05) is 0 Å². The highest BCUT2D eigenvalue weighted by molar-refractivity contribution is 9.10. The molecule has 0 saturated carbocycles. The van der Waals surface area contributed by atoms with Crippen molar-refractivity contribution in [3.63, 3.8) is 0 Å². The smallest absolute Gasteiger partial charge is 0.335 e. The number of anilines is 1. The van der Waals surface area contributed by atoms with E-state index in [0.29, 0.717) is 34.7 Å². The van der Waals surface area contributed by atoms with Crippen LogP contribution in [0.5, 0.6) is 17.2 Å². The number of ether oxygens (including phenoxy) is 2. The number of nitrogens with zero attached hydrogens (tertiary/aromatic N) is 1. The number of phenolic OH excluding ortho intramolecular Hbond substituents is 1. The fourth-order valence-corrected chi connectivity index (χ4v) is 4.15. The van der Waals surface area contributed by atoms with Gasteiger partial charge in [0.2, 0.25) is 0 Å². The van der Waals surface area contributed by atoms with Gasteiger partial charge in [-0.3, -0.25) is 14.9 Å². The molecule has 1 aliphatic heterocycles. The third-order valence-electron chi connectivity index (χ3n) is 5.36. The Morgan fingerprint density at radius 3 is 2.36 bits per heavy atom. The molecular formula is C27H23BrN2O6. The summed E-state index contributed by atoms with van der Waals surface area (Å²) in [4.78, 5) is 38.9. The van der Waals surface area contributed by atoms with Gasteiger partial charge in [0.05, 0.1) is 16.8 Å². The summed E-state index contributed by atoms with van der Waals surface area (Å²) < 4.78 is 12.4. The number of halogens is 1. The third-order valence-corrected chi connectivity index (χ3v) is 5.95. The Labute approximate surface area is 216 Å². The van der Waals surface area contributed by atoms with Crippen LogP contribution in [0.4, 0.5) is 10.5 Å². The van der Waals surface area contributed by atoms with Crippen LogP contribution in [-0.4, -0.2) is 29.6 Å². The van der Waals surface area contributed by atoms with E-state index in [9.17, 15) is 19.5 Å². The molecular weight excluding hydrogens is 528 g/mol. The Morgan fingerprint density at radius 2 is 1.69 bits per heavy atom. The number of carbonyl (C=O) groups is 3. The van der Waals surface area contributed by atoms with Crippen LogP contribution in [0, 0.1) is 6.92 Å². The van der Waals surface area contributed by atoms with Crippen LogP contribution in [0.3, 0.4) is 0 Å². The summed E-state index contributed by atoms with van der Waals surface area (Å²) in [7, 11) is 0. The van der Waals surface area contributed by atoms with E-state index < -0.39 is 17.8 Å². The molecule has 0 unspecified atom stereocenters. The number of rotatable bonds is 7. The average Bonchev–Trinajstić information content (AvgIpc) is 2.83. The summed E-state index contributed by atoms with van der Waals surface area (Å²) in [5.41, 5.74) is 2.62. The van der Waals surface area contributed by atoms with E-state index >= 15 is 0 Å². The highest BCUT2D eigenvalue weighted by Crippen LogP contribution is 2.38. The van der Waals surface area contributed by atoms with E-state index in [1.807, 2.05) is 38.1 Å². The van der Waals surface area contributed by atoms with Gasteiger partial charge in [-0.15, -0.1) is 0 Å². The molecule has 0 aromatic heterocycles. The lowest BCUT2D eigenvalue weighted by Crippen LogP contribution is -2.54. The first-order chi connectivity index (χ1) is 17.3. The van der Waals surface area contributed by atoms with E-state index in [1.165, 1.54) is 30.3 Å². The molecule has 3 aromatic carbocycles. The van der Waals surface area contributed by atoms with E-state index in [4.69, 9.17) is 9.47 Å². The number of imide groups is 2. The lowest BCUT2D eigenvalue weighted by molar-refractivity contribution is -0.122. The molecule has 184 valence electrons. The number of aromatic hydroxyl groups is 1. The summed E-state index contributed by atoms with van der Waals surface area (Å²) in [5.74, 6) is -0.702. The predicted molar refractivity (Wildman–Crippen MR) is 138 cm³/mol. The van der Waals surface area contributed by atoms with Crippen molar-refractivity contribution in [2.24, 2.45) is 0 Å². The molecule has 0 bridgehead atoms. The molecule has 0 aliphatic carbocycles. The van der Waals surface area contributed by atoms with Crippen LogP contribution < -0.4 is 19.7 Å². The number of hydrogen-bond donors (Lipinski definition) is 2. The zero-order chi connectivity index (χ0) is 25.8. The Balaban J connectivity index is 1.65. The van der Waals surface area contributed by atoms with Gasteiger partial charge in [0.15, 0.2) is 11.5 Å². The number of benzene rings is 3. The minimum Gasteiger partial charge on any atom is -0.508 e. The first-order valence-electron chi connectivity index (χ1n) is 11.1. The van der Waals surface area contributed by atoms with Crippen molar-refractivity contribution in [2.75, 3.05) is 11.5 Å². The zero-order valence-electron chi connectivity index (χ0n) is 19.6. The number of aryl methyl sites for hydroxylation is 1. The highest BCUT2D eigenvalue weighted by atomic mass is 79.9. The number of carbonyl (C=O) groups excluding carboxylic acids is 3. The Hall–Kier alpha value is -4.11. The van der Waals surface area contributed by atoms with Crippen molar-refractivity contribution >= 4 is 45.5 Å². The normalized spacial score (nSPS) is 14.7. The topological polar surface area (TPSA) is 105 Å². The monoisotopic (exact) mass is 550 g/mol. The summed E-state index contributed by atoms with van der Waals surface area (Å²) in [5, 5.41) is 11.7. The van der Waals surface area contributed by atoms with Gasteiger partial charge >= 0.3 is 6.03 Å². The van der Waals surface area contributed by atoms with E-state index in [-0.39, 0.29) is 17.0 Å². The number of amides is 4. The number of urea groups is 1. The second-order valence-electron chi connectivity index (χ2n) is 8.01. The summed E-state index contributed by atoms with van der Waals surface area (Å²) in [6, 6.07) is 16.0. The molecule has 8 nitrogen and oxygen atoms in total.